The van der Waals surface area contributed by atoms with E-state index in [1.54, 1.807) is 6.20 Å². The zero-order chi connectivity index (χ0) is 22.5. The third-order valence-electron chi connectivity index (χ3n) is 6.24. The minimum absolute atomic E-state index is 0.172. The fraction of sp³-hybridized carbons (Fsp3) is 0.458. The molecule has 3 aromatic rings. The molecule has 6 rings (SSSR count). The highest BCUT2D eigenvalue weighted by Gasteiger charge is 2.42. The van der Waals surface area contributed by atoms with Gasteiger partial charge in [0.25, 0.3) is 0 Å². The van der Waals surface area contributed by atoms with E-state index >= 15 is 0 Å². The number of rotatable bonds is 3. The Morgan fingerprint density at radius 1 is 1.16 bits per heavy atom. The maximum absolute atomic E-state index is 12.7. The highest BCUT2D eigenvalue weighted by atomic mass is 35.5. The molecule has 2 bridgehead atoms. The summed E-state index contributed by atoms with van der Waals surface area (Å²) < 4.78 is 7.72. The molecule has 3 aliphatic rings. The Bertz CT molecular complexity index is 1140. The van der Waals surface area contributed by atoms with Crippen LogP contribution >= 0.6 is 11.6 Å². The van der Waals surface area contributed by atoms with Crippen molar-refractivity contribution >= 4 is 23.5 Å². The summed E-state index contributed by atoms with van der Waals surface area (Å²) in [5.41, 5.74) is 2.56. The Kier molecular flexibility index (Phi) is 5.34. The second-order valence-corrected chi connectivity index (χ2v) is 10.1. The number of ether oxygens (including phenoxy) is 1. The molecule has 0 spiro atoms. The first-order chi connectivity index (χ1) is 15.3. The summed E-state index contributed by atoms with van der Waals surface area (Å²) >= 11 is 6.11. The predicted molar refractivity (Wildman–Crippen MR) is 124 cm³/mol. The number of piperidine rings is 2. The molecule has 1 aromatic carbocycles. The normalized spacial score (nSPS) is 21.3. The minimum Gasteiger partial charge on any atom is -0.444 e. The predicted octanol–water partition coefficient (Wildman–Crippen LogP) is 4.63. The first-order valence-corrected chi connectivity index (χ1v) is 11.5. The molecule has 3 aliphatic heterocycles. The number of carbonyl (C=O) groups excluding carboxylic acids is 1. The van der Waals surface area contributed by atoms with E-state index in [1.165, 1.54) is 0 Å². The van der Waals surface area contributed by atoms with Gasteiger partial charge in [0.2, 0.25) is 5.78 Å². The summed E-state index contributed by atoms with van der Waals surface area (Å²) in [5.74, 6) is 0.685. The SMILES string of the molecule is CC(C)(C)OC(=O)N1C[C@H]2CC[C@@H]1CN2Cc1c(-c2ccc(Cl)cc2)nc2ncccn12. The lowest BCUT2D eigenvalue weighted by Gasteiger charge is -2.51. The molecule has 2 aromatic heterocycles. The molecule has 1 amide bonds. The smallest absolute Gasteiger partial charge is 0.410 e. The molecule has 5 heterocycles. The van der Waals surface area contributed by atoms with Crippen LogP contribution in [0.3, 0.4) is 0 Å². The lowest BCUT2D eigenvalue weighted by Crippen LogP contribution is -2.64. The average Bonchev–Trinajstić information content (AvgIpc) is 3.12. The summed E-state index contributed by atoms with van der Waals surface area (Å²) in [6, 6.07) is 10.2. The molecule has 0 N–H and O–H groups in total. The van der Waals surface area contributed by atoms with Gasteiger partial charge in [0, 0.05) is 54.7 Å². The number of hydrogen-bond acceptors (Lipinski definition) is 5. The van der Waals surface area contributed by atoms with Gasteiger partial charge in [-0.3, -0.25) is 9.30 Å². The number of fused-ring (bicyclic) bond motifs is 4. The van der Waals surface area contributed by atoms with Crippen LogP contribution in [0.2, 0.25) is 5.02 Å². The molecular formula is C24H28ClN5O2. The highest BCUT2D eigenvalue weighted by Crippen LogP contribution is 2.33. The first kappa shape index (κ1) is 21.2. The summed E-state index contributed by atoms with van der Waals surface area (Å²) in [6.45, 7) is 8.01. The fourth-order valence-electron chi connectivity index (χ4n) is 4.77. The zero-order valence-electron chi connectivity index (χ0n) is 18.7. The molecule has 3 saturated heterocycles. The number of piperazine rings is 1. The van der Waals surface area contributed by atoms with Crippen molar-refractivity contribution in [3.63, 3.8) is 0 Å². The molecular weight excluding hydrogens is 426 g/mol. The fourth-order valence-corrected chi connectivity index (χ4v) is 4.90. The molecule has 7 nitrogen and oxygen atoms in total. The first-order valence-electron chi connectivity index (χ1n) is 11.1. The van der Waals surface area contributed by atoms with Crippen LogP contribution in [0.5, 0.6) is 0 Å². The van der Waals surface area contributed by atoms with Gasteiger partial charge in [0.15, 0.2) is 0 Å². The van der Waals surface area contributed by atoms with Gasteiger partial charge >= 0.3 is 6.09 Å². The van der Waals surface area contributed by atoms with Gasteiger partial charge in [0.1, 0.15) is 5.60 Å². The molecule has 0 unspecified atom stereocenters. The van der Waals surface area contributed by atoms with Crippen molar-refractivity contribution in [1.82, 2.24) is 24.2 Å². The Morgan fingerprint density at radius 3 is 2.59 bits per heavy atom. The van der Waals surface area contributed by atoms with Crippen LogP contribution < -0.4 is 0 Å². The van der Waals surface area contributed by atoms with Gasteiger partial charge in [-0.2, -0.15) is 0 Å². The number of carbonyl (C=O) groups is 1. The number of aromatic nitrogens is 3. The largest absolute Gasteiger partial charge is 0.444 e. The number of amides is 1. The quantitative estimate of drug-likeness (QED) is 0.578. The highest BCUT2D eigenvalue weighted by molar-refractivity contribution is 6.30. The number of nitrogens with zero attached hydrogens (tertiary/aromatic N) is 5. The van der Waals surface area contributed by atoms with Crippen LogP contribution in [0.4, 0.5) is 4.79 Å². The van der Waals surface area contributed by atoms with Crippen LogP contribution in [0.1, 0.15) is 39.3 Å². The number of benzene rings is 1. The van der Waals surface area contributed by atoms with Crippen molar-refractivity contribution in [3.05, 3.63) is 53.4 Å². The van der Waals surface area contributed by atoms with Gasteiger partial charge in [-0.1, -0.05) is 23.7 Å². The second kappa shape index (κ2) is 8.05. The molecule has 0 aliphatic carbocycles. The molecule has 0 saturated carbocycles. The molecule has 8 heteroatoms. The lowest BCUT2D eigenvalue weighted by molar-refractivity contribution is -0.0439. The van der Waals surface area contributed by atoms with E-state index in [9.17, 15) is 4.79 Å². The summed E-state index contributed by atoms with van der Waals surface area (Å²) in [6.07, 6.45) is 5.67. The second-order valence-electron chi connectivity index (χ2n) is 9.65. The topological polar surface area (TPSA) is 63.0 Å². The van der Waals surface area contributed by atoms with Crippen LogP contribution in [-0.2, 0) is 11.3 Å². The van der Waals surface area contributed by atoms with E-state index in [1.807, 2.05) is 62.2 Å². The van der Waals surface area contributed by atoms with Gasteiger partial charge < -0.3 is 9.64 Å². The third-order valence-corrected chi connectivity index (χ3v) is 6.50. The van der Waals surface area contributed by atoms with Gasteiger partial charge in [-0.05, 0) is 51.8 Å². The van der Waals surface area contributed by atoms with E-state index in [-0.39, 0.29) is 12.1 Å². The van der Waals surface area contributed by atoms with E-state index in [4.69, 9.17) is 21.3 Å². The maximum Gasteiger partial charge on any atom is 0.410 e. The van der Waals surface area contributed by atoms with E-state index in [0.29, 0.717) is 23.4 Å². The molecule has 2 atom stereocenters. The molecule has 32 heavy (non-hydrogen) atoms. The Hall–Kier alpha value is -2.64. The lowest BCUT2D eigenvalue weighted by atomic mass is 9.91. The van der Waals surface area contributed by atoms with Crippen LogP contribution in [0.25, 0.3) is 17.0 Å². The number of halogens is 1. The van der Waals surface area contributed by atoms with Crippen LogP contribution in [-0.4, -0.2) is 61.0 Å². The van der Waals surface area contributed by atoms with E-state index in [0.717, 1.165) is 42.9 Å². The minimum atomic E-state index is -0.482. The Balaban J connectivity index is 1.42. The average molecular weight is 454 g/mol. The Labute approximate surface area is 193 Å². The Morgan fingerprint density at radius 2 is 1.91 bits per heavy atom. The van der Waals surface area contributed by atoms with E-state index < -0.39 is 5.60 Å². The van der Waals surface area contributed by atoms with Crippen molar-refractivity contribution in [3.8, 4) is 11.3 Å². The van der Waals surface area contributed by atoms with Crippen LogP contribution in [0.15, 0.2) is 42.7 Å². The number of hydrogen-bond donors (Lipinski definition) is 0. The molecule has 3 fully saturated rings. The van der Waals surface area contributed by atoms with Gasteiger partial charge in [-0.25, -0.2) is 14.8 Å². The van der Waals surface area contributed by atoms with Gasteiger partial charge in [0.05, 0.1) is 11.4 Å². The van der Waals surface area contributed by atoms with Crippen molar-refractivity contribution in [2.45, 2.75) is 57.8 Å². The number of imidazole rings is 1. The third kappa shape index (κ3) is 4.07. The van der Waals surface area contributed by atoms with Gasteiger partial charge in [-0.15, -0.1) is 0 Å². The molecule has 168 valence electrons. The van der Waals surface area contributed by atoms with Crippen molar-refractivity contribution in [1.29, 1.82) is 0 Å². The van der Waals surface area contributed by atoms with Crippen LogP contribution in [0, 0.1) is 0 Å². The standard InChI is InChI=1S/C24H28ClN5O2/c1-24(2,3)32-23(31)30-14-18-9-10-19(30)13-28(18)15-20-21(16-5-7-17(25)8-6-16)27-22-26-11-4-12-29(20)22/h4-8,11-12,18-19H,9-10,13-15H2,1-3H3/t18-,19-/m1/s1. The van der Waals surface area contributed by atoms with Crippen molar-refractivity contribution in [2.75, 3.05) is 13.1 Å². The summed E-state index contributed by atoms with van der Waals surface area (Å²) in [4.78, 5) is 26.4. The monoisotopic (exact) mass is 453 g/mol. The van der Waals surface area contributed by atoms with Crippen molar-refractivity contribution < 1.29 is 9.53 Å². The zero-order valence-corrected chi connectivity index (χ0v) is 19.4. The summed E-state index contributed by atoms with van der Waals surface area (Å²) in [5, 5.41) is 0.702. The van der Waals surface area contributed by atoms with E-state index in [2.05, 4.69) is 14.3 Å². The summed E-state index contributed by atoms with van der Waals surface area (Å²) in [7, 11) is 0. The molecule has 0 radical (unpaired) electrons. The maximum atomic E-state index is 12.7. The van der Waals surface area contributed by atoms with Crippen molar-refractivity contribution in [2.24, 2.45) is 0 Å².